The molecule has 0 radical (unpaired) electrons. The van der Waals surface area contributed by atoms with E-state index < -0.39 is 5.76 Å². The van der Waals surface area contributed by atoms with Gasteiger partial charge in [-0.3, -0.25) is 9.36 Å². The minimum absolute atomic E-state index is 0.0869. The van der Waals surface area contributed by atoms with Crippen molar-refractivity contribution in [2.75, 3.05) is 5.32 Å². The average molecular weight is 336 g/mol. The number of hydrogen-bond acceptors (Lipinski definition) is 3. The number of aromatic nitrogens is 1. The van der Waals surface area contributed by atoms with Gasteiger partial charge in [-0.15, -0.1) is 0 Å². The van der Waals surface area contributed by atoms with E-state index in [-0.39, 0.29) is 12.3 Å². The molecule has 1 aromatic heterocycles. The fourth-order valence-electron chi connectivity index (χ4n) is 3.55. The van der Waals surface area contributed by atoms with E-state index in [1.807, 2.05) is 30.3 Å². The molecule has 25 heavy (non-hydrogen) atoms. The Balaban J connectivity index is 1.48. The van der Waals surface area contributed by atoms with Crippen molar-refractivity contribution in [3.8, 4) is 0 Å². The Hall–Kier alpha value is -2.82. The zero-order chi connectivity index (χ0) is 17.2. The number of hydrogen-bond donors (Lipinski definition) is 1. The number of aryl methyl sites for hydroxylation is 2. The normalized spacial score (nSPS) is 13.6. The smallest absolute Gasteiger partial charge is 0.408 e. The largest absolute Gasteiger partial charge is 0.419 e. The van der Waals surface area contributed by atoms with E-state index in [1.54, 1.807) is 6.07 Å². The summed E-state index contributed by atoms with van der Waals surface area (Å²) in [4.78, 5) is 24.3. The minimum atomic E-state index is -0.425. The second-order valence-corrected chi connectivity index (χ2v) is 6.44. The van der Waals surface area contributed by atoms with Gasteiger partial charge in [-0.25, -0.2) is 4.79 Å². The first-order chi connectivity index (χ1) is 12.2. The second kappa shape index (κ2) is 6.59. The molecule has 0 saturated heterocycles. The van der Waals surface area contributed by atoms with E-state index in [2.05, 4.69) is 11.4 Å². The molecule has 1 amide bonds. The standard InChI is InChI=1S/C20H20N2O3/c23-19(21-16-9-5-7-14-6-1-2-8-15(14)16)12-13-22-17-10-3-4-11-18(17)25-20(22)24/h3-5,7,9-11H,1-2,6,8,12-13H2,(H,21,23). The number of rotatable bonds is 4. The Morgan fingerprint density at radius 1 is 1.08 bits per heavy atom. The van der Waals surface area contributed by atoms with E-state index in [9.17, 15) is 9.59 Å². The highest BCUT2D eigenvalue weighted by molar-refractivity contribution is 5.91. The molecule has 0 atom stereocenters. The Morgan fingerprint density at radius 2 is 1.92 bits per heavy atom. The number of para-hydroxylation sites is 2. The maximum absolute atomic E-state index is 12.4. The van der Waals surface area contributed by atoms with Gasteiger partial charge in [0.1, 0.15) is 0 Å². The van der Waals surface area contributed by atoms with Crippen molar-refractivity contribution in [2.24, 2.45) is 0 Å². The predicted octanol–water partition coefficient (Wildman–Crippen LogP) is 3.50. The van der Waals surface area contributed by atoms with Crippen molar-refractivity contribution >= 4 is 22.7 Å². The Labute approximate surface area is 145 Å². The highest BCUT2D eigenvalue weighted by atomic mass is 16.4. The van der Waals surface area contributed by atoms with Crippen molar-refractivity contribution in [1.82, 2.24) is 4.57 Å². The van der Waals surface area contributed by atoms with Crippen LogP contribution in [0.5, 0.6) is 0 Å². The average Bonchev–Trinajstić information content (AvgIpc) is 2.95. The molecule has 0 aliphatic heterocycles. The molecule has 5 nitrogen and oxygen atoms in total. The van der Waals surface area contributed by atoms with Crippen molar-refractivity contribution < 1.29 is 9.21 Å². The number of amides is 1. The monoisotopic (exact) mass is 336 g/mol. The molecule has 1 heterocycles. The Morgan fingerprint density at radius 3 is 2.84 bits per heavy atom. The number of oxazole rings is 1. The lowest BCUT2D eigenvalue weighted by atomic mass is 9.90. The van der Waals surface area contributed by atoms with Gasteiger partial charge in [0.15, 0.2) is 5.58 Å². The summed E-state index contributed by atoms with van der Waals surface area (Å²) in [5, 5.41) is 3.02. The number of anilines is 1. The maximum Gasteiger partial charge on any atom is 0.419 e. The first-order valence-electron chi connectivity index (χ1n) is 8.71. The van der Waals surface area contributed by atoms with Crippen molar-refractivity contribution in [3.63, 3.8) is 0 Å². The summed E-state index contributed by atoms with van der Waals surface area (Å²) < 4.78 is 6.71. The van der Waals surface area contributed by atoms with Crippen molar-refractivity contribution in [1.29, 1.82) is 0 Å². The highest BCUT2D eigenvalue weighted by Crippen LogP contribution is 2.27. The molecule has 0 bridgehead atoms. The first-order valence-corrected chi connectivity index (χ1v) is 8.71. The summed E-state index contributed by atoms with van der Waals surface area (Å²) in [5.41, 5.74) is 4.77. The van der Waals surface area contributed by atoms with Crippen LogP contribution in [0, 0.1) is 0 Å². The van der Waals surface area contributed by atoms with Gasteiger partial charge in [-0.1, -0.05) is 24.3 Å². The van der Waals surface area contributed by atoms with Crippen LogP contribution >= 0.6 is 0 Å². The van der Waals surface area contributed by atoms with Gasteiger partial charge in [0.2, 0.25) is 5.91 Å². The van der Waals surface area contributed by atoms with Gasteiger partial charge in [0, 0.05) is 18.7 Å². The van der Waals surface area contributed by atoms with Crippen LogP contribution in [0.2, 0.25) is 0 Å². The fraction of sp³-hybridized carbons (Fsp3) is 0.300. The second-order valence-electron chi connectivity index (χ2n) is 6.44. The van der Waals surface area contributed by atoms with Gasteiger partial charge in [0.05, 0.1) is 5.52 Å². The van der Waals surface area contributed by atoms with Gasteiger partial charge in [0.25, 0.3) is 0 Å². The summed E-state index contributed by atoms with van der Waals surface area (Å²) >= 11 is 0. The number of carbonyl (C=O) groups is 1. The molecule has 0 fully saturated rings. The number of nitrogens with one attached hydrogen (secondary N) is 1. The van der Waals surface area contributed by atoms with Crippen LogP contribution in [0.4, 0.5) is 5.69 Å². The zero-order valence-electron chi connectivity index (χ0n) is 14.0. The molecule has 0 saturated carbocycles. The summed E-state index contributed by atoms with van der Waals surface area (Å²) in [7, 11) is 0. The Kier molecular flexibility index (Phi) is 4.14. The van der Waals surface area contributed by atoms with Gasteiger partial charge < -0.3 is 9.73 Å². The fourth-order valence-corrected chi connectivity index (χ4v) is 3.55. The molecular weight excluding hydrogens is 316 g/mol. The molecule has 0 unspecified atom stereocenters. The van der Waals surface area contributed by atoms with Gasteiger partial charge in [-0.2, -0.15) is 0 Å². The molecule has 4 rings (SSSR count). The van der Waals surface area contributed by atoms with Crippen LogP contribution in [0.1, 0.15) is 30.4 Å². The number of carbonyl (C=O) groups excluding carboxylic acids is 1. The van der Waals surface area contributed by atoms with Crippen LogP contribution in [-0.4, -0.2) is 10.5 Å². The molecule has 1 aliphatic carbocycles. The van der Waals surface area contributed by atoms with Crippen LogP contribution in [-0.2, 0) is 24.2 Å². The van der Waals surface area contributed by atoms with Crippen LogP contribution in [0.15, 0.2) is 51.7 Å². The third-order valence-electron chi connectivity index (χ3n) is 4.81. The lowest BCUT2D eigenvalue weighted by Gasteiger charge is -2.19. The summed E-state index contributed by atoms with van der Waals surface area (Å²) in [6.07, 6.45) is 4.69. The quantitative estimate of drug-likeness (QED) is 0.793. The van der Waals surface area contributed by atoms with E-state index in [0.29, 0.717) is 12.1 Å². The lowest BCUT2D eigenvalue weighted by molar-refractivity contribution is -0.116. The topological polar surface area (TPSA) is 64.2 Å². The summed E-state index contributed by atoms with van der Waals surface area (Å²) in [6.45, 7) is 0.302. The summed E-state index contributed by atoms with van der Waals surface area (Å²) in [6, 6.07) is 13.3. The molecule has 1 aliphatic rings. The summed E-state index contributed by atoms with van der Waals surface area (Å²) in [5.74, 6) is -0.512. The Bertz CT molecular complexity index is 984. The first kappa shape index (κ1) is 15.7. The highest BCUT2D eigenvalue weighted by Gasteiger charge is 2.15. The third-order valence-corrected chi connectivity index (χ3v) is 4.81. The molecule has 5 heteroatoms. The van der Waals surface area contributed by atoms with Crippen LogP contribution in [0.25, 0.3) is 11.1 Å². The van der Waals surface area contributed by atoms with Crippen molar-refractivity contribution in [3.05, 3.63) is 64.1 Å². The van der Waals surface area contributed by atoms with Crippen LogP contribution < -0.4 is 11.1 Å². The molecule has 1 N–H and O–H groups in total. The van der Waals surface area contributed by atoms with Crippen LogP contribution in [0.3, 0.4) is 0 Å². The van der Waals surface area contributed by atoms with E-state index >= 15 is 0 Å². The molecule has 2 aromatic carbocycles. The zero-order valence-corrected chi connectivity index (χ0v) is 14.0. The number of fused-ring (bicyclic) bond motifs is 2. The number of benzene rings is 2. The molecule has 3 aromatic rings. The van der Waals surface area contributed by atoms with Gasteiger partial charge >= 0.3 is 5.76 Å². The molecule has 128 valence electrons. The molecular formula is C20H20N2O3. The minimum Gasteiger partial charge on any atom is -0.408 e. The van der Waals surface area contributed by atoms with E-state index in [4.69, 9.17) is 4.42 Å². The molecule has 0 spiro atoms. The predicted molar refractivity (Wildman–Crippen MR) is 96.8 cm³/mol. The van der Waals surface area contributed by atoms with Gasteiger partial charge in [-0.05, 0) is 55.0 Å². The van der Waals surface area contributed by atoms with Crippen molar-refractivity contribution in [2.45, 2.75) is 38.6 Å². The number of nitrogens with zero attached hydrogens (tertiary/aromatic N) is 1. The van der Waals surface area contributed by atoms with E-state index in [0.717, 1.165) is 30.5 Å². The third kappa shape index (κ3) is 3.09. The SMILES string of the molecule is O=C(CCn1c(=O)oc2ccccc21)Nc1cccc2c1CCCC2. The van der Waals surface area contributed by atoms with E-state index in [1.165, 1.54) is 22.1 Å². The maximum atomic E-state index is 12.4. The lowest BCUT2D eigenvalue weighted by Crippen LogP contribution is -2.20.